The minimum Gasteiger partial charge on any atom is -0.491 e. The molecule has 0 bridgehead atoms. The molecule has 1 fully saturated rings. The van der Waals surface area contributed by atoms with E-state index in [2.05, 4.69) is 41.1 Å². The number of hydrogen-bond donors (Lipinski definition) is 2. The molecule has 1 aliphatic rings. The van der Waals surface area contributed by atoms with Gasteiger partial charge in [0.2, 0.25) is 0 Å². The summed E-state index contributed by atoms with van der Waals surface area (Å²) in [6, 6.07) is 16.7. The van der Waals surface area contributed by atoms with Crippen LogP contribution in [0.5, 0.6) is 5.75 Å². The van der Waals surface area contributed by atoms with Crippen molar-refractivity contribution < 1.29 is 9.84 Å². The van der Waals surface area contributed by atoms with Crippen LogP contribution in [0.2, 0.25) is 0 Å². The maximum absolute atomic E-state index is 10.8. The standard InChI is InChI=1S/C22H26N2O2/c1-17-2-5-20(6-3-17)26-16-22(25)9-12-24(13-10-22)15-18-4-7-21-19(14-18)8-11-23-21/h2-8,11,14,23,25H,9-10,12-13,15-16H2,1H3. The van der Waals surface area contributed by atoms with E-state index in [9.17, 15) is 5.11 Å². The predicted octanol–water partition coefficient (Wildman–Crippen LogP) is 3.88. The largest absolute Gasteiger partial charge is 0.491 e. The van der Waals surface area contributed by atoms with Gasteiger partial charge in [-0.25, -0.2) is 0 Å². The first-order chi connectivity index (χ1) is 12.6. The lowest BCUT2D eigenvalue weighted by Gasteiger charge is -2.38. The highest BCUT2D eigenvalue weighted by Gasteiger charge is 2.33. The number of benzene rings is 2. The van der Waals surface area contributed by atoms with Gasteiger partial charge in [0.25, 0.3) is 0 Å². The van der Waals surface area contributed by atoms with E-state index < -0.39 is 5.60 Å². The van der Waals surface area contributed by atoms with Crippen LogP contribution in [0.4, 0.5) is 0 Å². The lowest BCUT2D eigenvalue weighted by atomic mass is 9.92. The Balaban J connectivity index is 1.30. The van der Waals surface area contributed by atoms with E-state index in [4.69, 9.17) is 4.74 Å². The average molecular weight is 350 g/mol. The van der Waals surface area contributed by atoms with Crippen molar-refractivity contribution in [3.05, 3.63) is 65.9 Å². The molecule has 0 atom stereocenters. The molecule has 4 nitrogen and oxygen atoms in total. The fourth-order valence-corrected chi connectivity index (χ4v) is 3.58. The van der Waals surface area contributed by atoms with Crippen molar-refractivity contribution in [2.75, 3.05) is 19.7 Å². The Bertz CT molecular complexity index is 861. The Kier molecular flexibility index (Phi) is 4.70. The molecule has 0 radical (unpaired) electrons. The van der Waals surface area contributed by atoms with Crippen molar-refractivity contribution in [2.24, 2.45) is 0 Å². The molecule has 3 aromatic rings. The highest BCUT2D eigenvalue weighted by atomic mass is 16.5. The van der Waals surface area contributed by atoms with Crippen LogP contribution in [0.3, 0.4) is 0 Å². The Labute approximate surface area is 154 Å². The molecule has 1 saturated heterocycles. The number of aliphatic hydroxyl groups is 1. The lowest BCUT2D eigenvalue weighted by Crippen LogP contribution is -2.47. The highest BCUT2D eigenvalue weighted by molar-refractivity contribution is 5.79. The summed E-state index contributed by atoms with van der Waals surface area (Å²) in [5, 5.41) is 12.1. The second-order valence-corrected chi connectivity index (χ2v) is 7.50. The van der Waals surface area contributed by atoms with Gasteiger partial charge < -0.3 is 14.8 Å². The first-order valence-electron chi connectivity index (χ1n) is 9.30. The number of hydrogen-bond acceptors (Lipinski definition) is 3. The highest BCUT2D eigenvalue weighted by Crippen LogP contribution is 2.25. The Hall–Kier alpha value is -2.30. The average Bonchev–Trinajstić information content (AvgIpc) is 3.11. The zero-order valence-electron chi connectivity index (χ0n) is 15.2. The van der Waals surface area contributed by atoms with Crippen LogP contribution in [0.1, 0.15) is 24.0 Å². The van der Waals surface area contributed by atoms with Gasteiger partial charge >= 0.3 is 0 Å². The van der Waals surface area contributed by atoms with Crippen LogP contribution in [0.25, 0.3) is 10.9 Å². The van der Waals surface area contributed by atoms with Crippen molar-refractivity contribution in [2.45, 2.75) is 31.9 Å². The van der Waals surface area contributed by atoms with Crippen LogP contribution >= 0.6 is 0 Å². The molecular formula is C22H26N2O2. The van der Waals surface area contributed by atoms with E-state index in [-0.39, 0.29) is 0 Å². The molecule has 0 saturated carbocycles. The van der Waals surface area contributed by atoms with Gasteiger partial charge in [0.15, 0.2) is 0 Å². The minimum atomic E-state index is -0.730. The number of H-pyrrole nitrogens is 1. The van der Waals surface area contributed by atoms with Crippen molar-refractivity contribution in [1.82, 2.24) is 9.88 Å². The predicted molar refractivity (Wildman–Crippen MR) is 104 cm³/mol. The SMILES string of the molecule is Cc1ccc(OCC2(O)CCN(Cc3ccc4[nH]ccc4c3)CC2)cc1. The van der Waals surface area contributed by atoms with Gasteiger partial charge in [0, 0.05) is 31.3 Å². The molecule has 4 rings (SSSR count). The number of aromatic amines is 1. The summed E-state index contributed by atoms with van der Waals surface area (Å²) in [7, 11) is 0. The first kappa shape index (κ1) is 17.1. The second kappa shape index (κ2) is 7.14. The lowest BCUT2D eigenvalue weighted by molar-refractivity contribution is -0.0537. The molecular weight excluding hydrogens is 324 g/mol. The van der Waals surface area contributed by atoms with Crippen LogP contribution < -0.4 is 4.74 Å². The fourth-order valence-electron chi connectivity index (χ4n) is 3.58. The third kappa shape index (κ3) is 3.92. The van der Waals surface area contributed by atoms with E-state index in [1.807, 2.05) is 30.5 Å². The van der Waals surface area contributed by atoms with E-state index in [1.54, 1.807) is 0 Å². The third-order valence-corrected chi connectivity index (χ3v) is 5.34. The van der Waals surface area contributed by atoms with Crippen LogP contribution in [-0.2, 0) is 6.54 Å². The van der Waals surface area contributed by atoms with E-state index >= 15 is 0 Å². The first-order valence-corrected chi connectivity index (χ1v) is 9.30. The summed E-state index contributed by atoms with van der Waals surface area (Å²) in [6.45, 7) is 5.12. The molecule has 0 spiro atoms. The monoisotopic (exact) mass is 350 g/mol. The molecule has 1 aliphatic heterocycles. The van der Waals surface area contributed by atoms with Crippen LogP contribution in [0, 0.1) is 6.92 Å². The smallest absolute Gasteiger partial charge is 0.119 e. The zero-order chi connectivity index (χ0) is 18.0. The van der Waals surface area contributed by atoms with Gasteiger partial charge in [-0.3, -0.25) is 4.90 Å². The molecule has 0 unspecified atom stereocenters. The summed E-state index contributed by atoms with van der Waals surface area (Å²) >= 11 is 0. The van der Waals surface area contributed by atoms with Crippen molar-refractivity contribution in [3.8, 4) is 5.75 Å². The van der Waals surface area contributed by atoms with Crippen LogP contribution in [-0.4, -0.2) is 40.3 Å². The zero-order valence-corrected chi connectivity index (χ0v) is 15.2. The number of ether oxygens (including phenoxy) is 1. The molecule has 2 N–H and O–H groups in total. The Morgan fingerprint density at radius 3 is 2.62 bits per heavy atom. The van der Waals surface area contributed by atoms with Gasteiger partial charge in [-0.05, 0) is 61.0 Å². The molecule has 26 heavy (non-hydrogen) atoms. The maximum Gasteiger partial charge on any atom is 0.119 e. The number of piperidine rings is 1. The maximum atomic E-state index is 10.8. The van der Waals surface area contributed by atoms with Gasteiger partial charge in [0.1, 0.15) is 18.0 Å². The summed E-state index contributed by atoms with van der Waals surface area (Å²) in [4.78, 5) is 5.64. The molecule has 136 valence electrons. The molecule has 2 heterocycles. The number of likely N-dealkylation sites (tertiary alicyclic amines) is 1. The fraction of sp³-hybridized carbons (Fsp3) is 0.364. The number of rotatable bonds is 5. The number of nitrogens with one attached hydrogen (secondary N) is 1. The minimum absolute atomic E-state index is 0.360. The van der Waals surface area contributed by atoms with Gasteiger partial charge in [-0.2, -0.15) is 0 Å². The number of aromatic nitrogens is 1. The van der Waals surface area contributed by atoms with Crippen molar-refractivity contribution >= 4 is 10.9 Å². The Morgan fingerprint density at radius 1 is 1.08 bits per heavy atom. The van der Waals surface area contributed by atoms with Gasteiger partial charge in [-0.1, -0.05) is 23.8 Å². The summed E-state index contributed by atoms with van der Waals surface area (Å²) in [5.41, 5.74) is 2.97. The molecule has 1 aromatic heterocycles. The quantitative estimate of drug-likeness (QED) is 0.734. The third-order valence-electron chi connectivity index (χ3n) is 5.34. The summed E-state index contributed by atoms with van der Waals surface area (Å²) < 4.78 is 5.82. The number of fused-ring (bicyclic) bond motifs is 1. The molecule has 0 amide bonds. The van der Waals surface area contributed by atoms with Crippen molar-refractivity contribution in [1.29, 1.82) is 0 Å². The number of nitrogens with zero attached hydrogens (tertiary/aromatic N) is 1. The van der Waals surface area contributed by atoms with E-state index in [1.165, 1.54) is 22.0 Å². The topological polar surface area (TPSA) is 48.5 Å². The Morgan fingerprint density at radius 2 is 1.85 bits per heavy atom. The normalized spacial score (nSPS) is 17.5. The van der Waals surface area contributed by atoms with Crippen LogP contribution in [0.15, 0.2) is 54.7 Å². The van der Waals surface area contributed by atoms with E-state index in [0.29, 0.717) is 6.61 Å². The second-order valence-electron chi connectivity index (χ2n) is 7.50. The van der Waals surface area contributed by atoms with Gasteiger partial charge in [-0.15, -0.1) is 0 Å². The molecule has 0 aliphatic carbocycles. The summed E-state index contributed by atoms with van der Waals surface area (Å²) in [6.07, 6.45) is 3.46. The van der Waals surface area contributed by atoms with Gasteiger partial charge in [0.05, 0.1) is 0 Å². The summed E-state index contributed by atoms with van der Waals surface area (Å²) in [5.74, 6) is 0.825. The molecule has 2 aromatic carbocycles. The number of aryl methyl sites for hydroxylation is 1. The molecule has 4 heteroatoms. The van der Waals surface area contributed by atoms with E-state index in [0.717, 1.165) is 38.2 Å². The van der Waals surface area contributed by atoms with Crippen molar-refractivity contribution in [3.63, 3.8) is 0 Å².